The molecule has 3 aromatic rings. The summed E-state index contributed by atoms with van der Waals surface area (Å²) in [6, 6.07) is 8.28. The number of rotatable bonds is 6. The van der Waals surface area contributed by atoms with Crippen LogP contribution in [-0.4, -0.2) is 39.7 Å². The lowest BCUT2D eigenvalue weighted by molar-refractivity contribution is -0.647. The summed E-state index contributed by atoms with van der Waals surface area (Å²) in [6.45, 7) is 12.0. The van der Waals surface area contributed by atoms with Crippen molar-refractivity contribution < 1.29 is 9.36 Å². The zero-order valence-corrected chi connectivity index (χ0v) is 14.4. The smallest absolute Gasteiger partial charge is 0.301 e. The van der Waals surface area contributed by atoms with Crippen molar-refractivity contribution in [2.24, 2.45) is 0 Å². The number of carbonyl (C=O) groups is 1. The van der Waals surface area contributed by atoms with Crippen LogP contribution < -0.4 is 4.57 Å². The molecule has 0 aliphatic heterocycles. The molecule has 0 radical (unpaired) electrons. The van der Waals surface area contributed by atoms with Crippen LogP contribution in [-0.2, 0) is 6.54 Å². The maximum Gasteiger partial charge on any atom is 0.368 e. The van der Waals surface area contributed by atoms with Gasteiger partial charge in [-0.15, -0.1) is 0 Å². The summed E-state index contributed by atoms with van der Waals surface area (Å²) in [6.07, 6.45) is 0. The molecule has 5 nitrogen and oxygen atoms in total. The Morgan fingerprint density at radius 1 is 1.26 bits per heavy atom. The van der Waals surface area contributed by atoms with Crippen molar-refractivity contribution in [2.45, 2.75) is 34.2 Å². The van der Waals surface area contributed by atoms with E-state index >= 15 is 0 Å². The zero-order valence-electron chi connectivity index (χ0n) is 14.4. The molecule has 5 heteroatoms. The maximum atomic E-state index is 12.1. The number of H-pyrrole nitrogens is 1. The van der Waals surface area contributed by atoms with E-state index in [1.54, 1.807) is 6.92 Å². The lowest BCUT2D eigenvalue weighted by Crippen LogP contribution is -2.40. The van der Waals surface area contributed by atoms with E-state index in [1.165, 1.54) is 0 Å². The van der Waals surface area contributed by atoms with Crippen molar-refractivity contribution in [1.82, 2.24) is 14.3 Å². The predicted octanol–water partition coefficient (Wildman–Crippen LogP) is 2.56. The van der Waals surface area contributed by atoms with E-state index < -0.39 is 0 Å². The number of benzene rings is 1. The van der Waals surface area contributed by atoms with Crippen LogP contribution in [0.5, 0.6) is 0 Å². The van der Waals surface area contributed by atoms with E-state index in [0.717, 1.165) is 54.4 Å². The minimum atomic E-state index is 0.0883. The largest absolute Gasteiger partial charge is 0.368 e. The fourth-order valence-electron chi connectivity index (χ4n) is 3.40. The maximum absolute atomic E-state index is 12.1. The number of aryl methyl sites for hydroxylation is 1. The van der Waals surface area contributed by atoms with Crippen LogP contribution in [0.2, 0.25) is 0 Å². The summed E-state index contributed by atoms with van der Waals surface area (Å²) in [5.41, 5.74) is 3.91. The standard InChI is InChI=1S/C18H24N4O/c1-5-20(6-2)11-12-21-15-9-7-8-10-16(15)22-17(14(4)23)13(3)19-18(21)22/h7-10H,5-6,11-12H2,1-4H3/p+1. The van der Waals surface area contributed by atoms with Gasteiger partial charge in [-0.2, -0.15) is 4.40 Å². The van der Waals surface area contributed by atoms with Crippen LogP contribution in [0.3, 0.4) is 0 Å². The monoisotopic (exact) mass is 313 g/mol. The van der Waals surface area contributed by atoms with Crippen LogP contribution >= 0.6 is 0 Å². The van der Waals surface area contributed by atoms with E-state index in [-0.39, 0.29) is 5.78 Å². The molecule has 0 saturated carbocycles. The normalized spacial score (nSPS) is 11.9. The van der Waals surface area contributed by atoms with Gasteiger partial charge in [0.25, 0.3) is 0 Å². The van der Waals surface area contributed by atoms with Gasteiger partial charge in [-0.1, -0.05) is 26.0 Å². The molecule has 2 heterocycles. The zero-order chi connectivity index (χ0) is 16.6. The molecule has 0 amide bonds. The highest BCUT2D eigenvalue weighted by atomic mass is 16.1. The molecule has 0 atom stereocenters. The Kier molecular flexibility index (Phi) is 4.22. The molecule has 23 heavy (non-hydrogen) atoms. The van der Waals surface area contributed by atoms with E-state index in [2.05, 4.69) is 50.9 Å². The van der Waals surface area contributed by atoms with Gasteiger partial charge in [0.05, 0.1) is 6.54 Å². The van der Waals surface area contributed by atoms with Crippen LogP contribution in [0.25, 0.3) is 16.8 Å². The number of nitrogens with one attached hydrogen (secondary N) is 1. The first-order valence-electron chi connectivity index (χ1n) is 8.33. The highest BCUT2D eigenvalue weighted by Crippen LogP contribution is 2.19. The number of carbonyl (C=O) groups excluding carboxylic acids is 1. The van der Waals surface area contributed by atoms with Crippen molar-refractivity contribution in [3.05, 3.63) is 35.7 Å². The van der Waals surface area contributed by atoms with Crippen LogP contribution in [0.4, 0.5) is 0 Å². The third-order valence-corrected chi connectivity index (χ3v) is 4.63. The fraction of sp³-hybridized carbons (Fsp3) is 0.444. The average Bonchev–Trinajstić information content (AvgIpc) is 3.02. The lowest BCUT2D eigenvalue weighted by atomic mass is 10.2. The third-order valence-electron chi connectivity index (χ3n) is 4.63. The number of Topliss-reactive ketones (excluding diaryl/α,β-unsaturated/α-hetero) is 1. The van der Waals surface area contributed by atoms with Gasteiger partial charge in [-0.05, 0) is 32.1 Å². The highest BCUT2D eigenvalue weighted by molar-refractivity contribution is 5.96. The molecule has 0 aliphatic rings. The molecule has 0 spiro atoms. The Morgan fingerprint density at radius 3 is 2.61 bits per heavy atom. The molecule has 1 aromatic carbocycles. The lowest BCUT2D eigenvalue weighted by Gasteiger charge is -2.16. The van der Waals surface area contributed by atoms with Crippen molar-refractivity contribution in [2.75, 3.05) is 19.6 Å². The molecule has 1 N–H and O–H groups in total. The summed E-state index contributed by atoms with van der Waals surface area (Å²) in [5, 5.41) is 0. The number of ketones is 1. The molecular weight excluding hydrogens is 288 g/mol. The number of nitrogens with zero attached hydrogens (tertiary/aromatic N) is 3. The molecule has 2 aromatic heterocycles. The van der Waals surface area contributed by atoms with Gasteiger partial charge in [-0.25, -0.2) is 9.55 Å². The molecule has 0 unspecified atom stereocenters. The van der Waals surface area contributed by atoms with E-state index in [0.29, 0.717) is 0 Å². The predicted molar refractivity (Wildman–Crippen MR) is 92.0 cm³/mol. The third kappa shape index (κ3) is 2.55. The van der Waals surface area contributed by atoms with Gasteiger partial charge >= 0.3 is 5.78 Å². The highest BCUT2D eigenvalue weighted by Gasteiger charge is 2.26. The number of imidazole rings is 2. The second-order valence-corrected chi connectivity index (χ2v) is 5.98. The first-order chi connectivity index (χ1) is 11.1. The van der Waals surface area contributed by atoms with E-state index in [1.807, 2.05) is 13.0 Å². The molecular formula is C18H25N4O+. The van der Waals surface area contributed by atoms with Gasteiger partial charge in [0.2, 0.25) is 0 Å². The Hall–Kier alpha value is -2.14. The van der Waals surface area contributed by atoms with Crippen molar-refractivity contribution >= 4 is 22.6 Å². The second-order valence-electron chi connectivity index (χ2n) is 5.98. The first-order valence-corrected chi connectivity index (χ1v) is 8.33. The van der Waals surface area contributed by atoms with Crippen LogP contribution in [0.1, 0.15) is 37.0 Å². The number of para-hydroxylation sites is 2. The van der Waals surface area contributed by atoms with Gasteiger partial charge in [-0.3, -0.25) is 4.79 Å². The Labute approximate surface area is 136 Å². The van der Waals surface area contributed by atoms with E-state index in [9.17, 15) is 4.79 Å². The van der Waals surface area contributed by atoms with Crippen LogP contribution in [0.15, 0.2) is 24.3 Å². The quantitative estimate of drug-likeness (QED) is 0.561. The average molecular weight is 313 g/mol. The van der Waals surface area contributed by atoms with Crippen LogP contribution in [0, 0.1) is 6.92 Å². The minimum absolute atomic E-state index is 0.0883. The van der Waals surface area contributed by atoms with Gasteiger partial charge in [0, 0.05) is 13.5 Å². The Bertz CT molecular complexity index is 855. The number of fused-ring (bicyclic) bond motifs is 3. The molecule has 0 fully saturated rings. The Morgan fingerprint density at radius 2 is 1.96 bits per heavy atom. The Balaban J connectivity index is 2.19. The number of hydrogen-bond acceptors (Lipinski definition) is 2. The molecule has 0 aliphatic carbocycles. The molecule has 122 valence electrons. The summed E-state index contributed by atoms with van der Waals surface area (Å²) in [4.78, 5) is 17.9. The summed E-state index contributed by atoms with van der Waals surface area (Å²) >= 11 is 0. The minimum Gasteiger partial charge on any atom is -0.301 e. The molecule has 0 bridgehead atoms. The first kappa shape index (κ1) is 15.7. The topological polar surface area (TPSA) is 44.4 Å². The molecule has 3 rings (SSSR count). The summed E-state index contributed by atoms with van der Waals surface area (Å²) in [5.74, 6) is 1.08. The summed E-state index contributed by atoms with van der Waals surface area (Å²) < 4.78 is 4.35. The van der Waals surface area contributed by atoms with Crippen molar-refractivity contribution in [3.63, 3.8) is 0 Å². The SMILES string of the molecule is CCN(CC)CC[n+]1c2ccccc2n2c(C(C)=O)c(C)[nH]c21. The van der Waals surface area contributed by atoms with Gasteiger partial charge < -0.3 is 4.90 Å². The number of hydrogen-bond donors (Lipinski definition) is 1. The van der Waals surface area contributed by atoms with E-state index in [4.69, 9.17) is 0 Å². The van der Waals surface area contributed by atoms with Crippen molar-refractivity contribution in [3.8, 4) is 0 Å². The number of aromatic amines is 1. The number of likely N-dealkylation sites (N-methyl/N-ethyl adjacent to an activating group) is 1. The van der Waals surface area contributed by atoms with Gasteiger partial charge in [0.1, 0.15) is 16.7 Å². The van der Waals surface area contributed by atoms with Gasteiger partial charge in [0.15, 0.2) is 11.5 Å². The molecule has 0 saturated heterocycles. The second kappa shape index (κ2) is 6.16. The fourth-order valence-corrected chi connectivity index (χ4v) is 3.40. The number of aromatic nitrogens is 3. The van der Waals surface area contributed by atoms with Crippen molar-refractivity contribution in [1.29, 1.82) is 0 Å². The summed E-state index contributed by atoms with van der Waals surface area (Å²) in [7, 11) is 0.